The van der Waals surface area contributed by atoms with Crippen LogP contribution in [0.3, 0.4) is 0 Å². The predicted molar refractivity (Wildman–Crippen MR) is 68.0 cm³/mol. The quantitative estimate of drug-likeness (QED) is 0.489. The molecule has 0 aromatic rings. The summed E-state index contributed by atoms with van der Waals surface area (Å²) in [6.45, 7) is 5.02. The third-order valence-electron chi connectivity index (χ3n) is 3.16. The Hall–Kier alpha value is -0.660. The fourth-order valence-corrected chi connectivity index (χ4v) is 3.34. The van der Waals surface area contributed by atoms with E-state index in [1.807, 2.05) is 0 Å². The van der Waals surface area contributed by atoms with Crippen molar-refractivity contribution in [2.24, 2.45) is 11.7 Å². The minimum absolute atomic E-state index is 0.138. The summed E-state index contributed by atoms with van der Waals surface area (Å²) in [4.78, 5) is 0. The van der Waals surface area contributed by atoms with Gasteiger partial charge in [0.25, 0.3) is 10.2 Å². The Bertz CT molecular complexity index is 361. The lowest BCUT2D eigenvalue weighted by Crippen LogP contribution is -2.51. The van der Waals surface area contributed by atoms with E-state index < -0.39 is 16.3 Å². The average molecular weight is 262 g/mol. The molecule has 1 atom stereocenters. The van der Waals surface area contributed by atoms with E-state index in [0.717, 1.165) is 12.8 Å². The van der Waals surface area contributed by atoms with Gasteiger partial charge in [0.1, 0.15) is 5.84 Å². The summed E-state index contributed by atoms with van der Waals surface area (Å²) in [6, 6.07) is -0.598. The highest BCUT2D eigenvalue weighted by Gasteiger charge is 2.28. The van der Waals surface area contributed by atoms with Crippen molar-refractivity contribution in [3.8, 4) is 0 Å². The number of piperidine rings is 1. The number of hydrogen-bond acceptors (Lipinski definition) is 3. The van der Waals surface area contributed by atoms with Crippen LogP contribution in [0.5, 0.6) is 0 Å². The molecule has 0 aromatic carbocycles. The first-order valence-electron chi connectivity index (χ1n) is 5.98. The zero-order valence-corrected chi connectivity index (χ0v) is 11.3. The molecule has 1 fully saturated rings. The fourth-order valence-electron chi connectivity index (χ4n) is 1.85. The van der Waals surface area contributed by atoms with Gasteiger partial charge < -0.3 is 5.73 Å². The number of amidine groups is 1. The molecule has 1 heterocycles. The molecule has 17 heavy (non-hydrogen) atoms. The van der Waals surface area contributed by atoms with Gasteiger partial charge in [-0.2, -0.15) is 17.4 Å². The molecule has 0 saturated carbocycles. The molecular weight excluding hydrogens is 240 g/mol. The van der Waals surface area contributed by atoms with Gasteiger partial charge in [-0.15, -0.1) is 0 Å². The highest BCUT2D eigenvalue weighted by molar-refractivity contribution is 7.87. The molecule has 1 aliphatic rings. The number of nitrogens with zero attached hydrogens (tertiary/aromatic N) is 1. The van der Waals surface area contributed by atoms with E-state index in [1.165, 1.54) is 4.31 Å². The van der Waals surface area contributed by atoms with Crippen molar-refractivity contribution in [3.63, 3.8) is 0 Å². The van der Waals surface area contributed by atoms with E-state index in [2.05, 4.69) is 11.6 Å². The lowest BCUT2D eigenvalue weighted by molar-refractivity contribution is 0.284. The van der Waals surface area contributed by atoms with Crippen molar-refractivity contribution in [1.82, 2.24) is 9.03 Å². The van der Waals surface area contributed by atoms with Crippen LogP contribution in [0, 0.1) is 11.3 Å². The van der Waals surface area contributed by atoms with Crippen LogP contribution in [0.1, 0.15) is 33.1 Å². The first-order valence-corrected chi connectivity index (χ1v) is 7.42. The van der Waals surface area contributed by atoms with Crippen molar-refractivity contribution in [3.05, 3.63) is 0 Å². The Kier molecular flexibility index (Phi) is 4.91. The maximum Gasteiger partial charge on any atom is 0.280 e. The second-order valence-electron chi connectivity index (χ2n) is 4.62. The highest BCUT2D eigenvalue weighted by atomic mass is 32.2. The van der Waals surface area contributed by atoms with Crippen LogP contribution < -0.4 is 10.5 Å². The molecule has 7 heteroatoms. The molecule has 0 aromatic heterocycles. The number of rotatable bonds is 5. The van der Waals surface area contributed by atoms with Crippen LogP contribution >= 0.6 is 0 Å². The second kappa shape index (κ2) is 5.79. The van der Waals surface area contributed by atoms with Crippen molar-refractivity contribution < 1.29 is 8.42 Å². The van der Waals surface area contributed by atoms with Crippen LogP contribution in [-0.4, -0.2) is 37.7 Å². The zero-order chi connectivity index (χ0) is 13.1. The van der Waals surface area contributed by atoms with Crippen molar-refractivity contribution >= 4 is 16.0 Å². The van der Waals surface area contributed by atoms with Gasteiger partial charge in [0.15, 0.2) is 0 Å². The molecule has 0 radical (unpaired) electrons. The van der Waals surface area contributed by atoms with Gasteiger partial charge in [-0.05, 0) is 25.2 Å². The van der Waals surface area contributed by atoms with Crippen molar-refractivity contribution in [2.45, 2.75) is 39.2 Å². The number of nitrogens with one attached hydrogen (secondary N) is 2. The Balaban J connectivity index is 2.65. The van der Waals surface area contributed by atoms with Crippen LogP contribution in [0.15, 0.2) is 0 Å². The first-order chi connectivity index (χ1) is 7.86. The molecule has 0 amide bonds. The van der Waals surface area contributed by atoms with Gasteiger partial charge in [-0.25, -0.2) is 0 Å². The van der Waals surface area contributed by atoms with Crippen molar-refractivity contribution in [2.75, 3.05) is 13.1 Å². The van der Waals surface area contributed by atoms with Crippen molar-refractivity contribution in [1.29, 1.82) is 5.41 Å². The molecule has 4 N–H and O–H groups in total. The van der Waals surface area contributed by atoms with Gasteiger partial charge in [0.05, 0.1) is 6.04 Å². The molecule has 100 valence electrons. The Labute approximate surface area is 103 Å². The zero-order valence-electron chi connectivity index (χ0n) is 10.4. The highest BCUT2D eigenvalue weighted by Crippen LogP contribution is 2.18. The minimum Gasteiger partial charge on any atom is -0.386 e. The Morgan fingerprint density at radius 2 is 2.06 bits per heavy atom. The topological polar surface area (TPSA) is 99.3 Å². The fraction of sp³-hybridized carbons (Fsp3) is 0.900. The maximum absolute atomic E-state index is 12.0. The summed E-state index contributed by atoms with van der Waals surface area (Å²) in [5, 5.41) is 7.31. The van der Waals surface area contributed by atoms with Gasteiger partial charge in [0.2, 0.25) is 0 Å². The molecule has 0 bridgehead atoms. The van der Waals surface area contributed by atoms with E-state index in [1.54, 1.807) is 6.92 Å². The normalized spacial score (nSPS) is 21.3. The van der Waals surface area contributed by atoms with Gasteiger partial charge in [-0.3, -0.25) is 5.41 Å². The average Bonchev–Trinajstić information content (AvgIpc) is 2.26. The molecule has 0 spiro atoms. The molecule has 1 aliphatic heterocycles. The summed E-state index contributed by atoms with van der Waals surface area (Å²) in [5.74, 6) is 0.442. The summed E-state index contributed by atoms with van der Waals surface area (Å²) in [7, 11) is -3.50. The van der Waals surface area contributed by atoms with Crippen LogP contribution in [0.2, 0.25) is 0 Å². The van der Waals surface area contributed by atoms with Gasteiger partial charge >= 0.3 is 0 Å². The van der Waals surface area contributed by atoms with E-state index in [4.69, 9.17) is 11.1 Å². The summed E-state index contributed by atoms with van der Waals surface area (Å²) in [6.07, 6.45) is 2.26. The summed E-state index contributed by atoms with van der Waals surface area (Å²) >= 11 is 0. The number of hydrogen-bond donors (Lipinski definition) is 3. The van der Waals surface area contributed by atoms with E-state index in [0.29, 0.717) is 25.4 Å². The molecule has 1 rings (SSSR count). The van der Waals surface area contributed by atoms with Gasteiger partial charge in [0, 0.05) is 13.1 Å². The minimum atomic E-state index is -3.50. The van der Waals surface area contributed by atoms with Crippen LogP contribution in [0.25, 0.3) is 0 Å². The van der Waals surface area contributed by atoms with E-state index >= 15 is 0 Å². The molecule has 6 nitrogen and oxygen atoms in total. The van der Waals surface area contributed by atoms with E-state index in [-0.39, 0.29) is 5.84 Å². The first kappa shape index (κ1) is 14.4. The molecular formula is C10H22N4O2S. The Morgan fingerprint density at radius 3 is 2.47 bits per heavy atom. The maximum atomic E-state index is 12.0. The number of nitrogens with two attached hydrogens (primary N) is 1. The van der Waals surface area contributed by atoms with Gasteiger partial charge in [-0.1, -0.05) is 13.8 Å². The second-order valence-corrected chi connectivity index (χ2v) is 6.32. The lowest BCUT2D eigenvalue weighted by Gasteiger charge is -2.30. The third-order valence-corrected chi connectivity index (χ3v) is 4.78. The smallest absolute Gasteiger partial charge is 0.280 e. The third kappa shape index (κ3) is 3.93. The predicted octanol–water partition coefficient (Wildman–Crippen LogP) is 0.267. The molecule has 1 unspecified atom stereocenters. The largest absolute Gasteiger partial charge is 0.386 e. The SMILES string of the molecule is CCC(NS(=O)(=O)N1CCC(C)CC1)C(=N)N. The molecule has 1 saturated heterocycles. The lowest BCUT2D eigenvalue weighted by atomic mass is 10.0. The summed E-state index contributed by atoms with van der Waals surface area (Å²) < 4.78 is 28.0. The Morgan fingerprint density at radius 1 is 1.53 bits per heavy atom. The molecule has 0 aliphatic carbocycles. The van der Waals surface area contributed by atoms with E-state index in [9.17, 15) is 8.42 Å². The summed E-state index contributed by atoms with van der Waals surface area (Å²) in [5.41, 5.74) is 5.34. The monoisotopic (exact) mass is 262 g/mol. The standard InChI is InChI=1S/C10H22N4O2S/c1-3-9(10(11)12)13-17(15,16)14-6-4-8(2)5-7-14/h8-9,13H,3-7H2,1-2H3,(H3,11,12). The van der Waals surface area contributed by atoms with Crippen LogP contribution in [0.4, 0.5) is 0 Å². The van der Waals surface area contributed by atoms with Crippen LogP contribution in [-0.2, 0) is 10.2 Å².